The molecule has 1 heterocycles. The molecule has 0 unspecified atom stereocenters. The second kappa shape index (κ2) is 7.63. The van der Waals surface area contributed by atoms with Crippen LogP contribution in [0.3, 0.4) is 0 Å². The molecular weight excluding hydrogens is 378 g/mol. The summed E-state index contributed by atoms with van der Waals surface area (Å²) in [6.45, 7) is 2.67. The molecule has 3 atom stereocenters. The SMILES string of the molecule is Cl.c1ccc(Oc2ccc3c(c2)[C@@]24CCCC[C@H]2[C@@H](C3)N(CC2CC2)CC4)cc1. The summed E-state index contributed by atoms with van der Waals surface area (Å²) >= 11 is 0. The average Bonchev–Trinajstić information content (AvgIpc) is 3.55. The number of para-hydroxylation sites is 1. The average molecular weight is 410 g/mol. The van der Waals surface area contributed by atoms with Gasteiger partial charge in [-0.2, -0.15) is 0 Å². The third kappa shape index (κ3) is 3.39. The molecule has 29 heavy (non-hydrogen) atoms. The number of benzene rings is 2. The zero-order valence-corrected chi connectivity index (χ0v) is 18.0. The van der Waals surface area contributed by atoms with Gasteiger partial charge in [-0.15, -0.1) is 12.4 Å². The number of hydrogen-bond donors (Lipinski definition) is 0. The van der Waals surface area contributed by atoms with Gasteiger partial charge in [0.25, 0.3) is 0 Å². The molecule has 2 saturated carbocycles. The van der Waals surface area contributed by atoms with Gasteiger partial charge in [0.15, 0.2) is 0 Å². The summed E-state index contributed by atoms with van der Waals surface area (Å²) in [7, 11) is 0. The molecule has 4 aliphatic rings. The maximum absolute atomic E-state index is 6.23. The normalized spacial score (nSPS) is 30.6. The van der Waals surface area contributed by atoms with Crippen LogP contribution in [-0.2, 0) is 11.8 Å². The van der Waals surface area contributed by atoms with E-state index in [1.807, 2.05) is 30.3 Å². The molecule has 0 amide bonds. The highest BCUT2D eigenvalue weighted by Gasteiger charge is 2.54. The lowest BCUT2D eigenvalue weighted by Gasteiger charge is -2.59. The number of nitrogens with zero attached hydrogens (tertiary/aromatic N) is 1. The molecule has 2 bridgehead atoms. The van der Waals surface area contributed by atoms with Crippen molar-refractivity contribution in [1.82, 2.24) is 4.90 Å². The van der Waals surface area contributed by atoms with Gasteiger partial charge in [0, 0.05) is 18.0 Å². The van der Waals surface area contributed by atoms with Crippen LogP contribution in [0.1, 0.15) is 56.1 Å². The minimum Gasteiger partial charge on any atom is -0.457 e. The Bertz CT molecular complexity index is 864. The van der Waals surface area contributed by atoms with E-state index < -0.39 is 0 Å². The summed E-state index contributed by atoms with van der Waals surface area (Å²) in [5.74, 6) is 3.81. The molecule has 3 aliphatic carbocycles. The predicted octanol–water partition coefficient (Wildman–Crippen LogP) is 6.37. The van der Waals surface area contributed by atoms with E-state index in [9.17, 15) is 0 Å². The molecule has 0 radical (unpaired) electrons. The van der Waals surface area contributed by atoms with Crippen molar-refractivity contribution < 1.29 is 4.74 Å². The Morgan fingerprint density at radius 3 is 2.62 bits per heavy atom. The first-order valence-electron chi connectivity index (χ1n) is 11.4. The monoisotopic (exact) mass is 409 g/mol. The number of fused-ring (bicyclic) bond motifs is 1. The molecule has 1 aliphatic heterocycles. The van der Waals surface area contributed by atoms with Crippen LogP contribution < -0.4 is 4.74 Å². The number of hydrogen-bond acceptors (Lipinski definition) is 2. The van der Waals surface area contributed by atoms with Crippen molar-refractivity contribution in [3.63, 3.8) is 0 Å². The van der Waals surface area contributed by atoms with Gasteiger partial charge >= 0.3 is 0 Å². The summed E-state index contributed by atoms with van der Waals surface area (Å²) in [6.07, 6.45) is 11.2. The van der Waals surface area contributed by atoms with Gasteiger partial charge in [-0.1, -0.05) is 37.1 Å². The van der Waals surface area contributed by atoms with Gasteiger partial charge in [-0.3, -0.25) is 4.90 Å². The lowest BCUT2D eigenvalue weighted by molar-refractivity contribution is -0.0134. The van der Waals surface area contributed by atoms with Gasteiger partial charge in [-0.05, 0) is 92.3 Å². The van der Waals surface area contributed by atoms with Gasteiger partial charge in [0.2, 0.25) is 0 Å². The molecule has 6 rings (SSSR count). The van der Waals surface area contributed by atoms with Crippen LogP contribution in [0.25, 0.3) is 0 Å². The number of ether oxygens (including phenoxy) is 1. The molecular formula is C26H32ClNO. The molecule has 1 saturated heterocycles. The second-order valence-electron chi connectivity index (χ2n) is 9.70. The van der Waals surface area contributed by atoms with Crippen LogP contribution in [0.15, 0.2) is 48.5 Å². The second-order valence-corrected chi connectivity index (χ2v) is 9.70. The number of rotatable bonds is 4. The van der Waals surface area contributed by atoms with Gasteiger partial charge in [0.1, 0.15) is 11.5 Å². The zero-order chi connectivity index (χ0) is 18.6. The number of likely N-dealkylation sites (tertiary alicyclic amines) is 1. The zero-order valence-electron chi connectivity index (χ0n) is 17.2. The molecule has 2 aromatic rings. The predicted molar refractivity (Wildman–Crippen MR) is 120 cm³/mol. The van der Waals surface area contributed by atoms with E-state index in [0.717, 1.165) is 29.4 Å². The van der Waals surface area contributed by atoms with Crippen LogP contribution in [0.5, 0.6) is 11.5 Å². The van der Waals surface area contributed by atoms with Crippen molar-refractivity contribution in [2.45, 2.75) is 62.8 Å². The smallest absolute Gasteiger partial charge is 0.127 e. The fraction of sp³-hybridized carbons (Fsp3) is 0.538. The molecule has 0 N–H and O–H groups in total. The maximum atomic E-state index is 6.23. The first-order chi connectivity index (χ1) is 13.8. The number of piperidine rings is 1. The number of halogens is 1. The Morgan fingerprint density at radius 1 is 0.931 bits per heavy atom. The third-order valence-corrected chi connectivity index (χ3v) is 8.09. The van der Waals surface area contributed by atoms with E-state index in [1.165, 1.54) is 64.5 Å². The Labute approximate surface area is 181 Å². The third-order valence-electron chi connectivity index (χ3n) is 8.09. The van der Waals surface area contributed by atoms with Crippen LogP contribution in [0.4, 0.5) is 0 Å². The van der Waals surface area contributed by atoms with Gasteiger partial charge < -0.3 is 4.74 Å². The van der Waals surface area contributed by atoms with E-state index in [-0.39, 0.29) is 12.4 Å². The topological polar surface area (TPSA) is 12.5 Å². The molecule has 2 aromatic carbocycles. The Balaban J connectivity index is 0.00000181. The summed E-state index contributed by atoms with van der Waals surface area (Å²) in [6, 6.07) is 18.0. The summed E-state index contributed by atoms with van der Waals surface area (Å²) in [5.41, 5.74) is 3.64. The van der Waals surface area contributed by atoms with Gasteiger partial charge in [-0.25, -0.2) is 0 Å². The summed E-state index contributed by atoms with van der Waals surface area (Å²) in [5, 5.41) is 0. The van der Waals surface area contributed by atoms with Crippen molar-refractivity contribution in [2.24, 2.45) is 11.8 Å². The van der Waals surface area contributed by atoms with Gasteiger partial charge in [0.05, 0.1) is 0 Å². The first kappa shape index (κ1) is 19.5. The van der Waals surface area contributed by atoms with Crippen molar-refractivity contribution >= 4 is 12.4 Å². The standard InChI is InChI=1S/C26H31NO.ClH/c1-2-6-21(7-3-1)28-22-12-11-20-16-25-23-8-4-5-13-26(23,24(20)17-22)14-15-27(25)18-19-9-10-19;/h1-3,6-7,11-12,17,19,23,25H,4-5,8-10,13-16,18H2;1H/t23-,25+,26+;/m0./s1. The van der Waals surface area contributed by atoms with Crippen LogP contribution in [-0.4, -0.2) is 24.0 Å². The molecule has 0 aromatic heterocycles. The van der Waals surface area contributed by atoms with Crippen LogP contribution in [0, 0.1) is 11.8 Å². The molecule has 0 spiro atoms. The Kier molecular flexibility index (Phi) is 5.12. The highest BCUT2D eigenvalue weighted by Crippen LogP contribution is 2.56. The molecule has 154 valence electrons. The minimum atomic E-state index is 0. The van der Waals surface area contributed by atoms with Crippen molar-refractivity contribution in [2.75, 3.05) is 13.1 Å². The Hall–Kier alpha value is -1.51. The van der Waals surface area contributed by atoms with Crippen molar-refractivity contribution in [1.29, 1.82) is 0 Å². The summed E-state index contributed by atoms with van der Waals surface area (Å²) < 4.78 is 6.23. The molecule has 2 nitrogen and oxygen atoms in total. The lowest BCUT2D eigenvalue weighted by Crippen LogP contribution is -2.61. The van der Waals surface area contributed by atoms with E-state index in [4.69, 9.17) is 4.74 Å². The minimum absolute atomic E-state index is 0. The Morgan fingerprint density at radius 2 is 1.79 bits per heavy atom. The molecule has 3 heteroatoms. The first-order valence-corrected chi connectivity index (χ1v) is 11.4. The van der Waals surface area contributed by atoms with Crippen LogP contribution in [0.2, 0.25) is 0 Å². The van der Waals surface area contributed by atoms with Crippen molar-refractivity contribution in [3.05, 3.63) is 59.7 Å². The fourth-order valence-corrected chi connectivity index (χ4v) is 6.61. The summed E-state index contributed by atoms with van der Waals surface area (Å²) in [4.78, 5) is 2.89. The maximum Gasteiger partial charge on any atom is 0.127 e. The highest BCUT2D eigenvalue weighted by atomic mass is 35.5. The van der Waals surface area contributed by atoms with E-state index in [2.05, 4.69) is 23.1 Å². The fourth-order valence-electron chi connectivity index (χ4n) is 6.61. The quantitative estimate of drug-likeness (QED) is 0.581. The lowest BCUT2D eigenvalue weighted by atomic mass is 9.52. The van der Waals surface area contributed by atoms with E-state index in [0.29, 0.717) is 5.41 Å². The highest BCUT2D eigenvalue weighted by molar-refractivity contribution is 5.85. The van der Waals surface area contributed by atoms with Crippen LogP contribution >= 0.6 is 12.4 Å². The van der Waals surface area contributed by atoms with E-state index >= 15 is 0 Å². The van der Waals surface area contributed by atoms with E-state index in [1.54, 1.807) is 11.1 Å². The molecule has 3 fully saturated rings. The van der Waals surface area contributed by atoms with Crippen molar-refractivity contribution in [3.8, 4) is 11.5 Å². The largest absolute Gasteiger partial charge is 0.457 e.